The zero-order chi connectivity index (χ0) is 16.4. The number of ether oxygens (including phenoxy) is 1. The molecule has 0 spiro atoms. The Hall–Kier alpha value is -2.05. The molecule has 0 aliphatic carbocycles. The van der Waals surface area contributed by atoms with E-state index >= 15 is 0 Å². The molecular weight excluding hydrogens is 384 g/mol. The summed E-state index contributed by atoms with van der Waals surface area (Å²) in [6.07, 6.45) is 0. The van der Waals surface area contributed by atoms with Crippen LogP contribution < -0.4 is 4.74 Å². The highest BCUT2D eigenvalue weighted by atomic mass is 79.9. The number of fused-ring (bicyclic) bond motifs is 1. The van der Waals surface area contributed by atoms with E-state index in [1.165, 1.54) is 0 Å². The van der Waals surface area contributed by atoms with E-state index in [0.29, 0.717) is 28.2 Å². The molecule has 23 heavy (non-hydrogen) atoms. The summed E-state index contributed by atoms with van der Waals surface area (Å²) in [5, 5.41) is 14.3. The number of rotatable bonds is 5. The van der Waals surface area contributed by atoms with Gasteiger partial charge in [0.1, 0.15) is 12.4 Å². The minimum atomic E-state index is -0.171. The molecule has 0 fully saturated rings. The van der Waals surface area contributed by atoms with Gasteiger partial charge in [-0.05, 0) is 35.5 Å². The lowest BCUT2D eigenvalue weighted by Gasteiger charge is -2.10. The van der Waals surface area contributed by atoms with Crippen molar-refractivity contribution in [2.24, 2.45) is 5.18 Å². The van der Waals surface area contributed by atoms with Crippen molar-refractivity contribution in [2.75, 3.05) is 6.61 Å². The van der Waals surface area contributed by atoms with Gasteiger partial charge in [-0.15, -0.1) is 4.91 Å². The minimum absolute atomic E-state index is 0.0269. The Morgan fingerprint density at radius 3 is 2.78 bits per heavy atom. The van der Waals surface area contributed by atoms with Crippen LogP contribution in [0.2, 0.25) is 5.02 Å². The monoisotopic (exact) mass is 394 g/mol. The van der Waals surface area contributed by atoms with Gasteiger partial charge in [-0.1, -0.05) is 39.7 Å². The van der Waals surface area contributed by atoms with Crippen molar-refractivity contribution in [3.8, 4) is 11.6 Å². The third kappa shape index (κ3) is 3.04. The third-order valence-corrected chi connectivity index (χ3v) is 4.28. The number of aromatic hydroxyl groups is 1. The molecule has 1 aromatic heterocycles. The van der Waals surface area contributed by atoms with Crippen molar-refractivity contribution in [1.29, 1.82) is 0 Å². The van der Waals surface area contributed by atoms with Crippen molar-refractivity contribution in [1.82, 2.24) is 4.57 Å². The predicted molar refractivity (Wildman–Crippen MR) is 93.7 cm³/mol. The Balaban J connectivity index is 1.87. The van der Waals surface area contributed by atoms with Gasteiger partial charge in [-0.25, -0.2) is 0 Å². The van der Waals surface area contributed by atoms with Crippen LogP contribution in [0, 0.1) is 4.91 Å². The molecule has 0 radical (unpaired) electrons. The first-order valence-corrected chi connectivity index (χ1v) is 8.00. The molecule has 1 heterocycles. The van der Waals surface area contributed by atoms with Crippen LogP contribution in [0.1, 0.15) is 0 Å². The summed E-state index contributed by atoms with van der Waals surface area (Å²) in [5.41, 5.74) is 0.738. The lowest BCUT2D eigenvalue weighted by atomic mass is 10.2. The van der Waals surface area contributed by atoms with E-state index in [-0.39, 0.29) is 18.2 Å². The Morgan fingerprint density at radius 1 is 1.26 bits per heavy atom. The molecule has 3 aromatic rings. The molecule has 0 amide bonds. The fraction of sp³-hybridized carbons (Fsp3) is 0.125. The van der Waals surface area contributed by atoms with Crippen LogP contribution in [-0.2, 0) is 6.54 Å². The predicted octanol–water partition coefficient (Wildman–Crippen LogP) is 5.24. The largest absolute Gasteiger partial charge is 0.493 e. The standard InChI is InChI=1S/C16H12BrClN2O3/c17-10-5-6-13-11(9-10)15(19-22)16(21)20(13)7-8-23-14-4-2-1-3-12(14)18/h1-6,9,21H,7-8H2. The van der Waals surface area contributed by atoms with E-state index in [2.05, 4.69) is 21.1 Å². The number of aromatic nitrogens is 1. The average molecular weight is 396 g/mol. The van der Waals surface area contributed by atoms with E-state index in [1.807, 2.05) is 24.3 Å². The molecule has 2 aromatic carbocycles. The fourth-order valence-corrected chi connectivity index (χ4v) is 2.97. The van der Waals surface area contributed by atoms with Crippen LogP contribution in [-0.4, -0.2) is 16.3 Å². The van der Waals surface area contributed by atoms with Crippen molar-refractivity contribution < 1.29 is 9.84 Å². The summed E-state index contributed by atoms with van der Waals surface area (Å²) in [4.78, 5) is 11.0. The van der Waals surface area contributed by atoms with Crippen molar-refractivity contribution >= 4 is 44.1 Å². The lowest BCUT2D eigenvalue weighted by Crippen LogP contribution is -2.07. The van der Waals surface area contributed by atoms with E-state index in [0.717, 1.165) is 4.47 Å². The molecule has 0 saturated carbocycles. The second kappa shape index (κ2) is 6.60. The van der Waals surface area contributed by atoms with Gasteiger partial charge in [0.05, 0.1) is 17.1 Å². The first-order chi connectivity index (χ1) is 11.1. The van der Waals surface area contributed by atoms with Crippen LogP contribution in [0.3, 0.4) is 0 Å². The summed E-state index contributed by atoms with van der Waals surface area (Å²) in [7, 11) is 0. The Morgan fingerprint density at radius 2 is 2.04 bits per heavy atom. The highest BCUT2D eigenvalue weighted by Gasteiger charge is 2.17. The summed E-state index contributed by atoms with van der Waals surface area (Å²) < 4.78 is 8.03. The van der Waals surface area contributed by atoms with Crippen LogP contribution in [0.25, 0.3) is 10.9 Å². The molecule has 0 unspecified atom stereocenters. The molecule has 0 saturated heterocycles. The Bertz CT molecular complexity index is 879. The second-order valence-corrected chi connectivity index (χ2v) is 6.18. The molecule has 5 nitrogen and oxygen atoms in total. The van der Waals surface area contributed by atoms with Crippen LogP contribution in [0.5, 0.6) is 11.6 Å². The molecule has 0 bridgehead atoms. The number of nitrogens with zero attached hydrogens (tertiary/aromatic N) is 2. The number of hydrogen-bond acceptors (Lipinski definition) is 4. The topological polar surface area (TPSA) is 63.8 Å². The lowest BCUT2D eigenvalue weighted by molar-refractivity contribution is 0.291. The molecule has 7 heteroatoms. The highest BCUT2D eigenvalue weighted by molar-refractivity contribution is 9.10. The Labute approximate surface area is 145 Å². The maximum absolute atomic E-state index is 11.0. The molecular formula is C16H12BrClN2O3. The van der Waals surface area contributed by atoms with Gasteiger partial charge in [0.25, 0.3) is 0 Å². The zero-order valence-electron chi connectivity index (χ0n) is 11.9. The van der Waals surface area contributed by atoms with Crippen LogP contribution >= 0.6 is 27.5 Å². The van der Waals surface area contributed by atoms with E-state index in [9.17, 15) is 10.0 Å². The maximum atomic E-state index is 11.0. The second-order valence-electron chi connectivity index (χ2n) is 4.86. The van der Waals surface area contributed by atoms with Crippen molar-refractivity contribution in [2.45, 2.75) is 6.54 Å². The minimum Gasteiger partial charge on any atom is -0.493 e. The maximum Gasteiger partial charge on any atom is 0.222 e. The molecule has 0 atom stereocenters. The summed E-state index contributed by atoms with van der Waals surface area (Å²) in [6, 6.07) is 12.6. The molecule has 0 aliphatic heterocycles. The van der Waals surface area contributed by atoms with Crippen LogP contribution in [0.15, 0.2) is 52.1 Å². The normalized spacial score (nSPS) is 10.9. The number of para-hydroxylation sites is 1. The van der Waals surface area contributed by atoms with Gasteiger partial charge in [0, 0.05) is 9.86 Å². The van der Waals surface area contributed by atoms with Gasteiger partial charge < -0.3 is 14.4 Å². The molecule has 3 rings (SSSR count). The zero-order valence-corrected chi connectivity index (χ0v) is 14.2. The van der Waals surface area contributed by atoms with Gasteiger partial charge in [0.2, 0.25) is 5.88 Å². The molecule has 118 valence electrons. The van der Waals surface area contributed by atoms with E-state index in [1.54, 1.807) is 22.8 Å². The number of hydrogen-bond donors (Lipinski definition) is 1. The van der Waals surface area contributed by atoms with Crippen molar-refractivity contribution in [3.63, 3.8) is 0 Å². The SMILES string of the molecule is O=Nc1c(O)n(CCOc2ccccc2Cl)c2ccc(Br)cc12. The molecule has 0 aliphatic rings. The first kappa shape index (κ1) is 15.8. The molecule has 1 N–H and O–H groups in total. The fourth-order valence-electron chi connectivity index (χ4n) is 2.42. The van der Waals surface area contributed by atoms with Gasteiger partial charge >= 0.3 is 0 Å². The summed E-state index contributed by atoms with van der Waals surface area (Å²) in [6.45, 7) is 0.639. The van der Waals surface area contributed by atoms with Crippen molar-refractivity contribution in [3.05, 3.63) is 56.9 Å². The average Bonchev–Trinajstić information content (AvgIpc) is 2.80. The number of benzene rings is 2. The van der Waals surface area contributed by atoms with Gasteiger partial charge in [-0.2, -0.15) is 0 Å². The quantitative estimate of drug-likeness (QED) is 0.601. The number of nitroso groups, excluding NO2 is 1. The summed E-state index contributed by atoms with van der Waals surface area (Å²) in [5.74, 6) is 0.400. The van der Waals surface area contributed by atoms with Gasteiger partial charge in [0.15, 0.2) is 5.69 Å². The number of halogens is 2. The van der Waals surface area contributed by atoms with Gasteiger partial charge in [-0.3, -0.25) is 0 Å². The highest BCUT2D eigenvalue weighted by Crippen LogP contribution is 2.39. The smallest absolute Gasteiger partial charge is 0.222 e. The van der Waals surface area contributed by atoms with Crippen LogP contribution in [0.4, 0.5) is 5.69 Å². The van der Waals surface area contributed by atoms with E-state index < -0.39 is 0 Å². The Kier molecular flexibility index (Phi) is 4.54. The third-order valence-electron chi connectivity index (χ3n) is 3.47. The van der Waals surface area contributed by atoms with E-state index in [4.69, 9.17) is 16.3 Å². The summed E-state index contributed by atoms with van der Waals surface area (Å²) >= 11 is 9.38. The first-order valence-electron chi connectivity index (χ1n) is 6.83.